The van der Waals surface area contributed by atoms with Gasteiger partial charge in [0.05, 0.1) is 10.4 Å². The number of carbonyl (C=O) groups is 2. The minimum absolute atomic E-state index is 0.0443. The number of nitrogens with zero attached hydrogens (tertiary/aromatic N) is 3. The molecule has 0 bridgehead atoms. The van der Waals surface area contributed by atoms with Gasteiger partial charge < -0.3 is 10.2 Å². The maximum atomic E-state index is 12.5. The number of hydrogen-bond donors (Lipinski definition) is 1. The molecule has 0 aromatic carbocycles. The second-order valence-corrected chi connectivity index (χ2v) is 9.49. The van der Waals surface area contributed by atoms with E-state index in [2.05, 4.69) is 16.3 Å². The highest BCUT2D eigenvalue weighted by atomic mass is 32.1. The summed E-state index contributed by atoms with van der Waals surface area (Å²) in [6.07, 6.45) is 4.63. The molecule has 0 atom stereocenters. The first-order valence-electron chi connectivity index (χ1n) is 10.1. The van der Waals surface area contributed by atoms with Crippen molar-refractivity contribution in [2.24, 2.45) is 0 Å². The van der Waals surface area contributed by atoms with Crippen LogP contribution in [0.2, 0.25) is 0 Å². The van der Waals surface area contributed by atoms with E-state index in [0.29, 0.717) is 31.6 Å². The molecule has 8 heteroatoms. The van der Waals surface area contributed by atoms with Crippen molar-refractivity contribution in [3.8, 4) is 6.07 Å². The highest BCUT2D eigenvalue weighted by molar-refractivity contribution is 7.16. The molecular formula is C21H24N4O2S2. The predicted molar refractivity (Wildman–Crippen MR) is 116 cm³/mol. The van der Waals surface area contributed by atoms with Crippen LogP contribution >= 0.6 is 22.7 Å². The third-order valence-corrected chi connectivity index (χ3v) is 7.65. The summed E-state index contributed by atoms with van der Waals surface area (Å²) in [4.78, 5) is 31.0. The van der Waals surface area contributed by atoms with Gasteiger partial charge in [0.25, 0.3) is 5.91 Å². The Hall–Kier alpha value is -2.21. The van der Waals surface area contributed by atoms with Crippen molar-refractivity contribution in [2.75, 3.05) is 38.0 Å². The summed E-state index contributed by atoms with van der Waals surface area (Å²) in [7, 11) is 0. The number of carbonyl (C=O) groups excluding carboxylic acids is 2. The molecule has 0 unspecified atom stereocenters. The molecule has 0 saturated carbocycles. The smallest absolute Gasteiger partial charge is 0.264 e. The van der Waals surface area contributed by atoms with Crippen molar-refractivity contribution in [3.63, 3.8) is 0 Å². The van der Waals surface area contributed by atoms with Crippen LogP contribution in [-0.4, -0.2) is 54.3 Å². The Morgan fingerprint density at radius 1 is 1.17 bits per heavy atom. The molecular weight excluding hydrogens is 404 g/mol. The van der Waals surface area contributed by atoms with Gasteiger partial charge in [0.2, 0.25) is 5.91 Å². The van der Waals surface area contributed by atoms with Crippen molar-refractivity contribution >= 4 is 39.5 Å². The minimum atomic E-state index is -0.0443. The van der Waals surface area contributed by atoms with Gasteiger partial charge in [-0.05, 0) is 42.7 Å². The topological polar surface area (TPSA) is 76.4 Å². The number of amides is 2. The lowest BCUT2D eigenvalue weighted by Gasteiger charge is -2.34. The van der Waals surface area contributed by atoms with Crippen LogP contribution in [0, 0.1) is 11.3 Å². The third kappa shape index (κ3) is 4.53. The molecule has 1 aliphatic carbocycles. The zero-order chi connectivity index (χ0) is 20.2. The molecule has 152 valence electrons. The van der Waals surface area contributed by atoms with E-state index in [0.717, 1.165) is 54.2 Å². The van der Waals surface area contributed by atoms with Crippen LogP contribution in [0.1, 0.15) is 44.9 Å². The van der Waals surface area contributed by atoms with Gasteiger partial charge in [0.15, 0.2) is 0 Å². The van der Waals surface area contributed by atoms with Crippen molar-refractivity contribution in [1.82, 2.24) is 9.80 Å². The van der Waals surface area contributed by atoms with Crippen LogP contribution in [0.5, 0.6) is 0 Å². The fourth-order valence-electron chi connectivity index (χ4n) is 3.95. The van der Waals surface area contributed by atoms with Gasteiger partial charge >= 0.3 is 0 Å². The Kier molecular flexibility index (Phi) is 6.28. The number of aryl methyl sites for hydroxylation is 1. The lowest BCUT2D eigenvalue weighted by Crippen LogP contribution is -2.49. The minimum Gasteiger partial charge on any atom is -0.335 e. The number of thiophene rings is 2. The van der Waals surface area contributed by atoms with Gasteiger partial charge in [-0.1, -0.05) is 6.07 Å². The van der Waals surface area contributed by atoms with Gasteiger partial charge in [-0.2, -0.15) is 5.26 Å². The summed E-state index contributed by atoms with van der Waals surface area (Å²) in [5.41, 5.74) is 1.81. The summed E-state index contributed by atoms with van der Waals surface area (Å²) >= 11 is 3.04. The first-order valence-corrected chi connectivity index (χ1v) is 11.7. The van der Waals surface area contributed by atoms with E-state index in [1.807, 2.05) is 22.4 Å². The Balaban J connectivity index is 1.25. The molecule has 2 aromatic rings. The molecule has 1 aliphatic heterocycles. The molecule has 1 N–H and O–H groups in total. The molecule has 6 nitrogen and oxygen atoms in total. The molecule has 2 aliphatic rings. The summed E-state index contributed by atoms with van der Waals surface area (Å²) in [5, 5.41) is 15.1. The number of anilines is 1. The molecule has 4 rings (SSSR count). The van der Waals surface area contributed by atoms with Gasteiger partial charge in [0.1, 0.15) is 11.1 Å². The standard InChI is InChI=1S/C21H24N4O2S2/c22-14-16-15-4-1-2-5-17(15)29-20(16)23-19(26)7-8-24-9-11-25(12-10-24)21(27)18-6-3-13-28-18/h3,6,13H,1-2,4-5,7-12H2,(H,23,26). The van der Waals surface area contributed by atoms with Crippen LogP contribution in [0.15, 0.2) is 17.5 Å². The number of fused-ring (bicyclic) bond motifs is 1. The predicted octanol–water partition coefficient (Wildman–Crippen LogP) is 3.35. The summed E-state index contributed by atoms with van der Waals surface area (Å²) in [5.74, 6) is 0.0558. The zero-order valence-electron chi connectivity index (χ0n) is 16.3. The van der Waals surface area contributed by atoms with E-state index in [1.54, 1.807) is 11.3 Å². The quantitative estimate of drug-likeness (QED) is 0.792. The van der Waals surface area contributed by atoms with E-state index in [-0.39, 0.29) is 11.8 Å². The maximum Gasteiger partial charge on any atom is 0.264 e. The van der Waals surface area contributed by atoms with Gasteiger partial charge in [-0.15, -0.1) is 22.7 Å². The number of nitriles is 1. The van der Waals surface area contributed by atoms with Gasteiger partial charge in [-0.3, -0.25) is 14.5 Å². The molecule has 0 spiro atoms. The summed E-state index contributed by atoms with van der Waals surface area (Å²) in [6.45, 7) is 3.60. The molecule has 1 fully saturated rings. The SMILES string of the molecule is N#Cc1c(NC(=O)CCN2CCN(C(=O)c3cccs3)CC2)sc2c1CCCC2. The second kappa shape index (κ2) is 9.08. The van der Waals surface area contributed by atoms with Crippen LogP contribution in [0.25, 0.3) is 0 Å². The van der Waals surface area contributed by atoms with E-state index >= 15 is 0 Å². The Labute approximate surface area is 178 Å². The molecule has 3 heterocycles. The molecule has 29 heavy (non-hydrogen) atoms. The van der Waals surface area contributed by atoms with Crippen LogP contribution in [-0.2, 0) is 17.6 Å². The fraction of sp³-hybridized carbons (Fsp3) is 0.476. The highest BCUT2D eigenvalue weighted by Gasteiger charge is 2.24. The Bertz CT molecular complexity index is 921. The van der Waals surface area contributed by atoms with Gasteiger partial charge in [-0.25, -0.2) is 0 Å². The fourth-order valence-corrected chi connectivity index (χ4v) is 5.90. The summed E-state index contributed by atoms with van der Waals surface area (Å²) in [6, 6.07) is 6.05. The third-order valence-electron chi connectivity index (χ3n) is 5.58. The number of piperazine rings is 1. The second-order valence-electron chi connectivity index (χ2n) is 7.44. The first-order chi connectivity index (χ1) is 14.2. The highest BCUT2D eigenvalue weighted by Crippen LogP contribution is 2.37. The van der Waals surface area contributed by atoms with Gasteiger partial charge in [0, 0.05) is 44.0 Å². The molecule has 2 aromatic heterocycles. The number of hydrogen-bond acceptors (Lipinski definition) is 6. The monoisotopic (exact) mass is 428 g/mol. The summed E-state index contributed by atoms with van der Waals surface area (Å²) < 4.78 is 0. The van der Waals surface area contributed by atoms with E-state index in [1.165, 1.54) is 16.2 Å². The normalized spacial score (nSPS) is 16.9. The molecule has 0 radical (unpaired) electrons. The lowest BCUT2D eigenvalue weighted by molar-refractivity contribution is -0.116. The maximum absolute atomic E-state index is 12.5. The van der Waals surface area contributed by atoms with Crippen molar-refractivity contribution in [1.29, 1.82) is 5.26 Å². The Morgan fingerprint density at radius 3 is 2.69 bits per heavy atom. The number of nitrogens with one attached hydrogen (secondary N) is 1. The average molecular weight is 429 g/mol. The van der Waals surface area contributed by atoms with Crippen molar-refractivity contribution in [2.45, 2.75) is 32.1 Å². The Morgan fingerprint density at radius 2 is 1.97 bits per heavy atom. The number of rotatable bonds is 5. The van der Waals surface area contributed by atoms with E-state index in [4.69, 9.17) is 0 Å². The van der Waals surface area contributed by atoms with E-state index < -0.39 is 0 Å². The van der Waals surface area contributed by atoms with Crippen LogP contribution < -0.4 is 5.32 Å². The average Bonchev–Trinajstić information content (AvgIpc) is 3.39. The van der Waals surface area contributed by atoms with Crippen molar-refractivity contribution in [3.05, 3.63) is 38.4 Å². The first kappa shape index (κ1) is 20.1. The van der Waals surface area contributed by atoms with Crippen LogP contribution in [0.3, 0.4) is 0 Å². The van der Waals surface area contributed by atoms with Crippen LogP contribution in [0.4, 0.5) is 5.00 Å². The molecule has 1 saturated heterocycles. The zero-order valence-corrected chi connectivity index (χ0v) is 17.9. The lowest BCUT2D eigenvalue weighted by atomic mass is 9.96. The molecule has 2 amide bonds. The largest absolute Gasteiger partial charge is 0.335 e. The van der Waals surface area contributed by atoms with E-state index in [9.17, 15) is 14.9 Å². The van der Waals surface area contributed by atoms with Crippen molar-refractivity contribution < 1.29 is 9.59 Å².